The van der Waals surface area contributed by atoms with E-state index in [4.69, 9.17) is 15.9 Å². The van der Waals surface area contributed by atoms with Crippen molar-refractivity contribution in [1.82, 2.24) is 0 Å². The topological polar surface area (TPSA) is 83.6 Å². The number of carbonyl (C=O) groups is 1. The van der Waals surface area contributed by atoms with Crippen molar-refractivity contribution in [1.29, 1.82) is 0 Å². The second-order valence-electron chi connectivity index (χ2n) is 2.79. The molecule has 1 unspecified atom stereocenters. The van der Waals surface area contributed by atoms with Crippen LogP contribution in [0.25, 0.3) is 0 Å². The Balaban J connectivity index is 0. The first kappa shape index (κ1) is 14.3. The molecule has 0 aliphatic carbocycles. The number of hydrogen-bond acceptors (Lipinski definition) is 4. The molecule has 0 spiro atoms. The summed E-state index contributed by atoms with van der Waals surface area (Å²) in [6.07, 6.45) is 0. The van der Waals surface area contributed by atoms with Gasteiger partial charge < -0.3 is 15.9 Å². The van der Waals surface area contributed by atoms with Crippen LogP contribution in [-0.4, -0.2) is 33.6 Å². The van der Waals surface area contributed by atoms with Crippen LogP contribution in [-0.2, 0) is 4.79 Å². The van der Waals surface area contributed by atoms with Crippen molar-refractivity contribution in [2.24, 2.45) is 5.73 Å². The molecule has 5 heteroatoms. The standard InChI is InChI=1S/C5H11NO2S.C2H6O/c1-5(2,9)3(6)4(7)8;1-2-3/h3,9H,6H2,1-2H3,(H,7,8);3H,2H2,1H3. The second kappa shape index (κ2) is 6.28. The van der Waals surface area contributed by atoms with Gasteiger partial charge in [0.1, 0.15) is 6.04 Å². The van der Waals surface area contributed by atoms with Crippen molar-refractivity contribution in [3.05, 3.63) is 0 Å². The molecule has 0 aliphatic rings. The number of aliphatic carboxylic acids is 1. The smallest absolute Gasteiger partial charge is 0.321 e. The molecule has 0 aromatic carbocycles. The van der Waals surface area contributed by atoms with Crippen LogP contribution in [0.5, 0.6) is 0 Å². The first-order valence-corrected chi connectivity index (χ1v) is 4.03. The van der Waals surface area contributed by atoms with Crippen LogP contribution in [0.2, 0.25) is 0 Å². The zero-order valence-corrected chi connectivity index (χ0v) is 8.51. The Morgan fingerprint density at radius 3 is 1.92 bits per heavy atom. The van der Waals surface area contributed by atoms with E-state index in [0.29, 0.717) is 0 Å². The molecule has 1 atom stereocenters. The molecule has 0 amide bonds. The van der Waals surface area contributed by atoms with E-state index in [2.05, 4.69) is 12.6 Å². The summed E-state index contributed by atoms with van der Waals surface area (Å²) in [4.78, 5) is 10.2. The maximum absolute atomic E-state index is 10.2. The Morgan fingerprint density at radius 2 is 1.92 bits per heavy atom. The minimum atomic E-state index is -1.02. The summed E-state index contributed by atoms with van der Waals surface area (Å²) in [5, 5.41) is 15.9. The van der Waals surface area contributed by atoms with E-state index in [9.17, 15) is 4.79 Å². The van der Waals surface area contributed by atoms with Crippen LogP contribution in [0.1, 0.15) is 20.8 Å². The average Bonchev–Trinajstić information content (AvgIpc) is 1.85. The number of thiol groups is 1. The lowest BCUT2D eigenvalue weighted by molar-refractivity contribution is -0.139. The number of carboxylic acids is 1. The summed E-state index contributed by atoms with van der Waals surface area (Å²) in [6, 6.07) is -0.902. The van der Waals surface area contributed by atoms with Crippen LogP contribution in [0.3, 0.4) is 0 Å². The summed E-state index contributed by atoms with van der Waals surface area (Å²) in [7, 11) is 0. The molecule has 0 aliphatic heterocycles. The minimum Gasteiger partial charge on any atom is -0.480 e. The first-order valence-electron chi connectivity index (χ1n) is 3.59. The van der Waals surface area contributed by atoms with E-state index >= 15 is 0 Å². The molecule has 74 valence electrons. The molecule has 0 saturated carbocycles. The fourth-order valence-corrected chi connectivity index (χ4v) is 0.413. The van der Waals surface area contributed by atoms with Crippen molar-refractivity contribution in [2.45, 2.75) is 31.6 Å². The molecular formula is C7H17NO3S. The van der Waals surface area contributed by atoms with Gasteiger partial charge in [0.2, 0.25) is 0 Å². The molecule has 0 bridgehead atoms. The van der Waals surface area contributed by atoms with Crippen molar-refractivity contribution in [2.75, 3.05) is 6.61 Å². The maximum Gasteiger partial charge on any atom is 0.321 e. The first-order chi connectivity index (χ1) is 5.27. The summed E-state index contributed by atoms with van der Waals surface area (Å²) in [6.45, 7) is 5.25. The molecule has 4 nitrogen and oxygen atoms in total. The predicted molar refractivity (Wildman–Crippen MR) is 51.4 cm³/mol. The van der Waals surface area contributed by atoms with Gasteiger partial charge in [-0.2, -0.15) is 12.6 Å². The van der Waals surface area contributed by atoms with Crippen molar-refractivity contribution in [3.63, 3.8) is 0 Å². The predicted octanol–water partition coefficient (Wildman–Crippen LogP) is 0.105. The van der Waals surface area contributed by atoms with Gasteiger partial charge in [-0.15, -0.1) is 0 Å². The highest BCUT2D eigenvalue weighted by Gasteiger charge is 2.27. The van der Waals surface area contributed by atoms with Gasteiger partial charge >= 0.3 is 5.97 Å². The van der Waals surface area contributed by atoms with E-state index in [0.717, 1.165) is 0 Å². The van der Waals surface area contributed by atoms with Crippen LogP contribution < -0.4 is 5.73 Å². The molecule has 0 fully saturated rings. The minimum absolute atomic E-state index is 0.250. The second-order valence-corrected chi connectivity index (χ2v) is 3.94. The summed E-state index contributed by atoms with van der Waals surface area (Å²) >= 11 is 3.98. The summed E-state index contributed by atoms with van der Waals surface area (Å²) < 4.78 is -0.647. The Hall–Kier alpha value is -0.260. The number of carboxylic acid groups (broad SMARTS) is 1. The highest BCUT2D eigenvalue weighted by atomic mass is 32.1. The van der Waals surface area contributed by atoms with Gasteiger partial charge in [-0.05, 0) is 20.8 Å². The van der Waals surface area contributed by atoms with Gasteiger partial charge in [0, 0.05) is 11.4 Å². The Kier molecular flexibility index (Phi) is 7.47. The van der Waals surface area contributed by atoms with Crippen LogP contribution in [0.15, 0.2) is 0 Å². The zero-order chi connectivity index (χ0) is 10.4. The monoisotopic (exact) mass is 195 g/mol. The van der Waals surface area contributed by atoms with Crippen molar-refractivity contribution in [3.8, 4) is 0 Å². The normalized spacial score (nSPS) is 12.8. The number of rotatable bonds is 2. The van der Waals surface area contributed by atoms with E-state index in [-0.39, 0.29) is 6.61 Å². The molecule has 0 heterocycles. The largest absolute Gasteiger partial charge is 0.480 e. The SMILES string of the molecule is CC(C)(S)C(N)C(=O)O.CCO. The lowest BCUT2D eigenvalue weighted by atomic mass is 10.1. The molecular weight excluding hydrogens is 178 g/mol. The van der Waals surface area contributed by atoms with E-state index < -0.39 is 16.8 Å². The molecule has 12 heavy (non-hydrogen) atoms. The van der Waals surface area contributed by atoms with Gasteiger partial charge in [0.15, 0.2) is 0 Å². The molecule has 4 N–H and O–H groups in total. The number of aliphatic hydroxyl groups excluding tert-OH is 1. The average molecular weight is 195 g/mol. The zero-order valence-electron chi connectivity index (χ0n) is 7.61. The van der Waals surface area contributed by atoms with Crippen molar-refractivity contribution >= 4 is 18.6 Å². The van der Waals surface area contributed by atoms with Crippen LogP contribution in [0.4, 0.5) is 0 Å². The lowest BCUT2D eigenvalue weighted by Crippen LogP contribution is -2.45. The van der Waals surface area contributed by atoms with Crippen LogP contribution in [0, 0.1) is 0 Å². The third-order valence-electron chi connectivity index (χ3n) is 1.03. The van der Waals surface area contributed by atoms with Gasteiger partial charge in [-0.3, -0.25) is 4.79 Å². The number of aliphatic hydroxyl groups is 1. The fraction of sp³-hybridized carbons (Fsp3) is 0.857. The number of nitrogens with two attached hydrogens (primary N) is 1. The van der Waals surface area contributed by atoms with Gasteiger partial charge in [0.05, 0.1) is 0 Å². The highest BCUT2D eigenvalue weighted by molar-refractivity contribution is 7.81. The Morgan fingerprint density at radius 1 is 1.67 bits per heavy atom. The quantitative estimate of drug-likeness (QED) is 0.471. The molecule has 0 aromatic rings. The number of hydrogen-bond donors (Lipinski definition) is 4. The third kappa shape index (κ3) is 7.84. The van der Waals surface area contributed by atoms with Crippen molar-refractivity contribution < 1.29 is 15.0 Å². The van der Waals surface area contributed by atoms with E-state index in [1.165, 1.54) is 0 Å². The molecule has 0 radical (unpaired) electrons. The van der Waals surface area contributed by atoms with Gasteiger partial charge in [-0.25, -0.2) is 0 Å². The van der Waals surface area contributed by atoms with Crippen LogP contribution >= 0.6 is 12.6 Å². The van der Waals surface area contributed by atoms with Gasteiger partial charge in [0.25, 0.3) is 0 Å². The third-order valence-corrected chi connectivity index (χ3v) is 1.31. The maximum atomic E-state index is 10.2. The lowest BCUT2D eigenvalue weighted by Gasteiger charge is -2.21. The Labute approximate surface area is 78.2 Å². The fourth-order valence-electron chi connectivity index (χ4n) is 0.302. The molecule has 0 rings (SSSR count). The van der Waals surface area contributed by atoms with E-state index in [1.54, 1.807) is 20.8 Å². The highest BCUT2D eigenvalue weighted by Crippen LogP contribution is 2.15. The van der Waals surface area contributed by atoms with E-state index in [1.807, 2.05) is 0 Å². The molecule has 0 saturated heterocycles. The van der Waals surface area contributed by atoms with Gasteiger partial charge in [-0.1, -0.05) is 0 Å². The summed E-state index contributed by atoms with van der Waals surface area (Å²) in [5.74, 6) is -1.02. The Bertz CT molecular complexity index is 133. The molecule has 0 aromatic heterocycles. The summed E-state index contributed by atoms with van der Waals surface area (Å²) in [5.41, 5.74) is 5.22.